The van der Waals surface area contributed by atoms with Crippen molar-refractivity contribution < 1.29 is 0 Å². The van der Waals surface area contributed by atoms with Crippen LogP contribution in [0.5, 0.6) is 0 Å². The van der Waals surface area contributed by atoms with Crippen LogP contribution in [0.1, 0.15) is 46.1 Å². The standard InChI is InChI=1S/C12H21N3/c1-4-9(2)10(3)15-8-7-13-12(15)14-11-5-6-11/h7-11H,4-6H2,1-3H3,(H,13,14). The van der Waals surface area contributed by atoms with Crippen LogP contribution in [0.2, 0.25) is 0 Å². The Labute approximate surface area is 91.9 Å². The van der Waals surface area contributed by atoms with Gasteiger partial charge in [0.1, 0.15) is 0 Å². The molecule has 1 saturated carbocycles. The van der Waals surface area contributed by atoms with Gasteiger partial charge in [-0.25, -0.2) is 4.98 Å². The Hall–Kier alpha value is -0.990. The highest BCUT2D eigenvalue weighted by Gasteiger charge is 2.24. The third kappa shape index (κ3) is 2.33. The molecular formula is C12H21N3. The van der Waals surface area contributed by atoms with Crippen molar-refractivity contribution in [3.8, 4) is 0 Å². The Morgan fingerprint density at radius 3 is 2.87 bits per heavy atom. The summed E-state index contributed by atoms with van der Waals surface area (Å²) in [6.07, 6.45) is 7.78. The number of aromatic nitrogens is 2. The summed E-state index contributed by atoms with van der Waals surface area (Å²) in [5, 5.41) is 3.48. The maximum absolute atomic E-state index is 4.39. The number of hydrogen-bond donors (Lipinski definition) is 1. The van der Waals surface area contributed by atoms with Gasteiger partial charge in [-0.15, -0.1) is 0 Å². The first-order valence-corrected chi connectivity index (χ1v) is 6.01. The molecule has 1 fully saturated rings. The topological polar surface area (TPSA) is 29.9 Å². The average Bonchev–Trinajstić information content (AvgIpc) is 2.93. The van der Waals surface area contributed by atoms with E-state index in [1.807, 2.05) is 6.20 Å². The van der Waals surface area contributed by atoms with Gasteiger partial charge in [0.05, 0.1) is 0 Å². The number of anilines is 1. The predicted molar refractivity (Wildman–Crippen MR) is 63.0 cm³/mol. The summed E-state index contributed by atoms with van der Waals surface area (Å²) < 4.78 is 2.27. The average molecular weight is 207 g/mol. The van der Waals surface area contributed by atoms with Crippen LogP contribution in [-0.4, -0.2) is 15.6 Å². The van der Waals surface area contributed by atoms with Gasteiger partial charge in [-0.3, -0.25) is 0 Å². The molecule has 1 aliphatic carbocycles. The van der Waals surface area contributed by atoms with Gasteiger partial charge >= 0.3 is 0 Å². The summed E-state index contributed by atoms with van der Waals surface area (Å²) >= 11 is 0. The molecule has 2 rings (SSSR count). The molecule has 2 atom stereocenters. The lowest BCUT2D eigenvalue weighted by Gasteiger charge is -2.22. The molecule has 0 amide bonds. The van der Waals surface area contributed by atoms with Crippen molar-refractivity contribution in [3.63, 3.8) is 0 Å². The third-order valence-corrected chi connectivity index (χ3v) is 3.49. The highest BCUT2D eigenvalue weighted by atomic mass is 15.2. The first kappa shape index (κ1) is 10.5. The molecule has 1 aliphatic rings. The third-order valence-electron chi connectivity index (χ3n) is 3.49. The molecule has 15 heavy (non-hydrogen) atoms. The Bertz CT molecular complexity index is 314. The van der Waals surface area contributed by atoms with Crippen LogP contribution in [0.4, 0.5) is 5.95 Å². The molecule has 3 nitrogen and oxygen atoms in total. The molecule has 1 aromatic rings. The fourth-order valence-electron chi connectivity index (χ4n) is 1.78. The molecule has 0 aliphatic heterocycles. The van der Waals surface area contributed by atoms with Crippen molar-refractivity contribution in [2.75, 3.05) is 5.32 Å². The van der Waals surface area contributed by atoms with E-state index in [4.69, 9.17) is 0 Å². The van der Waals surface area contributed by atoms with Crippen molar-refractivity contribution in [1.82, 2.24) is 9.55 Å². The first-order valence-electron chi connectivity index (χ1n) is 6.01. The monoisotopic (exact) mass is 207 g/mol. The zero-order valence-corrected chi connectivity index (χ0v) is 9.90. The van der Waals surface area contributed by atoms with Crippen LogP contribution >= 0.6 is 0 Å². The van der Waals surface area contributed by atoms with Gasteiger partial charge in [-0.05, 0) is 25.7 Å². The molecule has 84 valence electrons. The maximum atomic E-state index is 4.39. The van der Waals surface area contributed by atoms with Gasteiger partial charge in [-0.2, -0.15) is 0 Å². The summed E-state index contributed by atoms with van der Waals surface area (Å²) in [6.45, 7) is 6.81. The van der Waals surface area contributed by atoms with E-state index < -0.39 is 0 Å². The zero-order chi connectivity index (χ0) is 10.8. The van der Waals surface area contributed by atoms with E-state index in [1.165, 1.54) is 19.3 Å². The molecule has 0 spiro atoms. The van der Waals surface area contributed by atoms with Crippen molar-refractivity contribution >= 4 is 5.95 Å². The smallest absolute Gasteiger partial charge is 0.203 e. The summed E-state index contributed by atoms with van der Waals surface area (Å²) in [7, 11) is 0. The Kier molecular flexibility index (Phi) is 2.98. The zero-order valence-electron chi connectivity index (χ0n) is 9.90. The maximum Gasteiger partial charge on any atom is 0.203 e. The van der Waals surface area contributed by atoms with Gasteiger partial charge in [-0.1, -0.05) is 20.3 Å². The molecular weight excluding hydrogens is 186 g/mol. The molecule has 0 saturated heterocycles. The molecule has 1 aromatic heterocycles. The van der Waals surface area contributed by atoms with Crippen LogP contribution in [0.15, 0.2) is 12.4 Å². The van der Waals surface area contributed by atoms with Crippen LogP contribution < -0.4 is 5.32 Å². The van der Waals surface area contributed by atoms with Crippen LogP contribution in [0.25, 0.3) is 0 Å². The first-order chi connectivity index (χ1) is 7.22. The second-order valence-corrected chi connectivity index (χ2v) is 4.70. The van der Waals surface area contributed by atoms with Gasteiger partial charge in [0, 0.05) is 24.5 Å². The molecule has 0 bridgehead atoms. The number of rotatable bonds is 5. The highest BCUT2D eigenvalue weighted by molar-refractivity contribution is 5.30. The second-order valence-electron chi connectivity index (χ2n) is 4.70. The molecule has 3 heteroatoms. The number of nitrogens with one attached hydrogen (secondary N) is 1. The fraction of sp³-hybridized carbons (Fsp3) is 0.750. The summed E-state index contributed by atoms with van der Waals surface area (Å²) in [4.78, 5) is 4.39. The van der Waals surface area contributed by atoms with Crippen molar-refractivity contribution in [3.05, 3.63) is 12.4 Å². The lowest BCUT2D eigenvalue weighted by Crippen LogP contribution is -2.16. The van der Waals surface area contributed by atoms with Gasteiger partial charge < -0.3 is 9.88 Å². The molecule has 2 unspecified atom stereocenters. The second kappa shape index (κ2) is 4.25. The van der Waals surface area contributed by atoms with Gasteiger partial charge in [0.25, 0.3) is 0 Å². The molecule has 0 aromatic carbocycles. The van der Waals surface area contributed by atoms with Gasteiger partial charge in [0.2, 0.25) is 5.95 Å². The van der Waals surface area contributed by atoms with E-state index in [9.17, 15) is 0 Å². The quantitative estimate of drug-likeness (QED) is 0.804. The molecule has 1 N–H and O–H groups in total. The summed E-state index contributed by atoms with van der Waals surface area (Å²) in [6, 6.07) is 1.20. The van der Waals surface area contributed by atoms with Crippen molar-refractivity contribution in [2.24, 2.45) is 5.92 Å². The number of nitrogens with zero attached hydrogens (tertiary/aromatic N) is 2. The van der Waals surface area contributed by atoms with E-state index in [0.29, 0.717) is 18.0 Å². The lowest BCUT2D eigenvalue weighted by atomic mass is 10.0. The minimum atomic E-state index is 0.527. The number of imidazole rings is 1. The normalized spacial score (nSPS) is 19.9. The minimum Gasteiger partial charge on any atom is -0.353 e. The van der Waals surface area contributed by atoms with Crippen molar-refractivity contribution in [1.29, 1.82) is 0 Å². The van der Waals surface area contributed by atoms with E-state index in [-0.39, 0.29) is 0 Å². The van der Waals surface area contributed by atoms with E-state index in [2.05, 4.69) is 41.8 Å². The summed E-state index contributed by atoms with van der Waals surface area (Å²) in [5.41, 5.74) is 0. The van der Waals surface area contributed by atoms with Crippen LogP contribution in [-0.2, 0) is 0 Å². The SMILES string of the molecule is CCC(C)C(C)n1ccnc1NC1CC1. The fourth-order valence-corrected chi connectivity index (χ4v) is 1.78. The van der Waals surface area contributed by atoms with E-state index in [1.54, 1.807) is 0 Å². The van der Waals surface area contributed by atoms with Gasteiger partial charge in [0.15, 0.2) is 0 Å². The van der Waals surface area contributed by atoms with Crippen LogP contribution in [0.3, 0.4) is 0 Å². The largest absolute Gasteiger partial charge is 0.353 e. The molecule has 1 heterocycles. The summed E-state index contributed by atoms with van der Waals surface area (Å²) in [5.74, 6) is 1.74. The van der Waals surface area contributed by atoms with Crippen molar-refractivity contribution in [2.45, 2.75) is 52.1 Å². The Morgan fingerprint density at radius 2 is 2.27 bits per heavy atom. The van der Waals surface area contributed by atoms with E-state index in [0.717, 1.165) is 5.95 Å². The van der Waals surface area contributed by atoms with E-state index >= 15 is 0 Å². The lowest BCUT2D eigenvalue weighted by molar-refractivity contribution is 0.373. The Balaban J connectivity index is 2.08. The predicted octanol–water partition coefficient (Wildman–Crippen LogP) is 3.06. The Morgan fingerprint density at radius 1 is 1.53 bits per heavy atom. The number of hydrogen-bond acceptors (Lipinski definition) is 2. The minimum absolute atomic E-state index is 0.527. The van der Waals surface area contributed by atoms with Crippen LogP contribution in [0, 0.1) is 5.92 Å². The molecule has 0 radical (unpaired) electrons. The highest BCUT2D eigenvalue weighted by Crippen LogP contribution is 2.28.